The molecular formula is C10H7BrFN3O. The van der Waals surface area contributed by atoms with Gasteiger partial charge >= 0.3 is 0 Å². The average molecular weight is 284 g/mol. The summed E-state index contributed by atoms with van der Waals surface area (Å²) in [5.41, 5.74) is 6.24. The summed E-state index contributed by atoms with van der Waals surface area (Å²) in [6, 6.07) is 3.00. The maximum absolute atomic E-state index is 13.4. The third-order valence-electron chi connectivity index (χ3n) is 2.10. The number of aromatic amines is 1. The Morgan fingerprint density at radius 1 is 1.56 bits per heavy atom. The molecule has 6 heteroatoms. The normalized spacial score (nSPS) is 10.4. The number of carbonyl (C=O) groups is 1. The standard InChI is InChI=1S/C10H7BrFN3O/c11-9-6(10(13)16)3-8(15-9)5-1-2-14-4-7(5)12/h1-4,15H,(H2,13,16). The second-order valence-electron chi connectivity index (χ2n) is 3.13. The van der Waals surface area contributed by atoms with Crippen molar-refractivity contribution in [3.05, 3.63) is 40.5 Å². The van der Waals surface area contributed by atoms with Crippen LogP contribution in [-0.2, 0) is 0 Å². The van der Waals surface area contributed by atoms with Gasteiger partial charge in [-0.15, -0.1) is 0 Å². The lowest BCUT2D eigenvalue weighted by molar-refractivity contribution is 0.0999. The molecule has 0 unspecified atom stereocenters. The first-order chi connectivity index (χ1) is 7.59. The van der Waals surface area contributed by atoms with Crippen LogP contribution in [0.5, 0.6) is 0 Å². The Hall–Kier alpha value is -1.69. The van der Waals surface area contributed by atoms with E-state index in [1.54, 1.807) is 0 Å². The van der Waals surface area contributed by atoms with Gasteiger partial charge in [-0.25, -0.2) is 4.39 Å². The van der Waals surface area contributed by atoms with Gasteiger partial charge in [0.1, 0.15) is 0 Å². The fraction of sp³-hybridized carbons (Fsp3) is 0. The monoisotopic (exact) mass is 283 g/mol. The summed E-state index contributed by atoms with van der Waals surface area (Å²) in [6.45, 7) is 0. The SMILES string of the molecule is NC(=O)c1cc(-c2ccncc2F)[nH]c1Br. The molecule has 0 aliphatic heterocycles. The highest BCUT2D eigenvalue weighted by Crippen LogP contribution is 2.26. The van der Waals surface area contributed by atoms with E-state index < -0.39 is 11.7 Å². The van der Waals surface area contributed by atoms with Crippen molar-refractivity contribution in [3.63, 3.8) is 0 Å². The molecule has 82 valence electrons. The van der Waals surface area contributed by atoms with Crippen molar-refractivity contribution in [3.8, 4) is 11.3 Å². The fourth-order valence-corrected chi connectivity index (χ4v) is 1.87. The number of nitrogens with one attached hydrogen (secondary N) is 1. The zero-order valence-corrected chi connectivity index (χ0v) is 9.58. The van der Waals surface area contributed by atoms with Gasteiger partial charge in [-0.2, -0.15) is 0 Å². The molecule has 0 bridgehead atoms. The van der Waals surface area contributed by atoms with Gasteiger partial charge in [0.25, 0.3) is 5.91 Å². The zero-order chi connectivity index (χ0) is 11.7. The van der Waals surface area contributed by atoms with Crippen LogP contribution in [0.1, 0.15) is 10.4 Å². The summed E-state index contributed by atoms with van der Waals surface area (Å²) < 4.78 is 13.8. The number of nitrogens with zero attached hydrogens (tertiary/aromatic N) is 1. The molecule has 0 radical (unpaired) electrons. The fourth-order valence-electron chi connectivity index (χ4n) is 1.35. The highest BCUT2D eigenvalue weighted by atomic mass is 79.9. The van der Waals surface area contributed by atoms with E-state index in [-0.39, 0.29) is 5.56 Å². The largest absolute Gasteiger partial charge is 0.366 e. The van der Waals surface area contributed by atoms with Crippen molar-refractivity contribution in [2.75, 3.05) is 0 Å². The number of halogens is 2. The van der Waals surface area contributed by atoms with Crippen molar-refractivity contribution >= 4 is 21.8 Å². The average Bonchev–Trinajstić information content (AvgIpc) is 2.61. The summed E-state index contributed by atoms with van der Waals surface area (Å²) in [7, 11) is 0. The Bertz CT molecular complexity index is 553. The van der Waals surface area contributed by atoms with Gasteiger partial charge in [0, 0.05) is 11.8 Å². The van der Waals surface area contributed by atoms with Crippen molar-refractivity contribution < 1.29 is 9.18 Å². The van der Waals surface area contributed by atoms with E-state index in [0.29, 0.717) is 15.9 Å². The summed E-state index contributed by atoms with van der Waals surface area (Å²) in [6.07, 6.45) is 2.57. The zero-order valence-electron chi connectivity index (χ0n) is 8.00. The molecule has 2 aromatic heterocycles. The number of primary amides is 1. The maximum Gasteiger partial charge on any atom is 0.251 e. The number of aromatic nitrogens is 2. The van der Waals surface area contributed by atoms with Gasteiger partial charge in [-0.1, -0.05) is 0 Å². The second kappa shape index (κ2) is 4.05. The predicted molar refractivity (Wildman–Crippen MR) is 60.2 cm³/mol. The van der Waals surface area contributed by atoms with E-state index in [9.17, 15) is 9.18 Å². The first-order valence-electron chi connectivity index (χ1n) is 4.38. The van der Waals surface area contributed by atoms with E-state index >= 15 is 0 Å². The molecule has 4 nitrogen and oxygen atoms in total. The first-order valence-corrected chi connectivity index (χ1v) is 5.17. The molecule has 0 aliphatic carbocycles. The minimum atomic E-state index is -0.580. The topological polar surface area (TPSA) is 71.8 Å². The van der Waals surface area contributed by atoms with Crippen molar-refractivity contribution in [2.24, 2.45) is 5.73 Å². The van der Waals surface area contributed by atoms with Gasteiger partial charge in [0.2, 0.25) is 0 Å². The van der Waals surface area contributed by atoms with Crippen LogP contribution in [0.4, 0.5) is 4.39 Å². The predicted octanol–water partition coefficient (Wildman–Crippen LogP) is 2.08. The molecule has 1 amide bonds. The van der Waals surface area contributed by atoms with Crippen molar-refractivity contribution in [1.29, 1.82) is 0 Å². The second-order valence-corrected chi connectivity index (χ2v) is 3.92. The molecule has 2 rings (SSSR count). The van der Waals surface area contributed by atoms with Crippen LogP contribution >= 0.6 is 15.9 Å². The number of H-pyrrole nitrogens is 1. The Morgan fingerprint density at radius 3 is 2.88 bits per heavy atom. The smallest absolute Gasteiger partial charge is 0.251 e. The molecule has 0 atom stereocenters. The van der Waals surface area contributed by atoms with E-state index in [2.05, 4.69) is 25.9 Å². The Morgan fingerprint density at radius 2 is 2.31 bits per heavy atom. The number of hydrogen-bond acceptors (Lipinski definition) is 2. The third-order valence-corrected chi connectivity index (χ3v) is 2.72. The molecule has 0 saturated heterocycles. The molecule has 16 heavy (non-hydrogen) atoms. The first kappa shape index (κ1) is 10.8. The van der Waals surface area contributed by atoms with Gasteiger partial charge in [-0.05, 0) is 28.1 Å². The summed E-state index contributed by atoms with van der Waals surface area (Å²) in [5.74, 6) is -1.05. The third kappa shape index (κ3) is 1.83. The molecular weight excluding hydrogens is 277 g/mol. The quantitative estimate of drug-likeness (QED) is 0.886. The molecule has 0 aromatic carbocycles. The number of amides is 1. The number of hydrogen-bond donors (Lipinski definition) is 2. The van der Waals surface area contributed by atoms with Gasteiger partial charge in [0.15, 0.2) is 5.82 Å². The van der Waals surface area contributed by atoms with Crippen LogP contribution < -0.4 is 5.73 Å². The van der Waals surface area contributed by atoms with E-state index in [4.69, 9.17) is 5.73 Å². The minimum absolute atomic E-state index is 0.284. The summed E-state index contributed by atoms with van der Waals surface area (Å²) in [4.78, 5) is 17.5. The number of carbonyl (C=O) groups excluding carboxylic acids is 1. The van der Waals surface area contributed by atoms with Crippen LogP contribution in [0, 0.1) is 5.82 Å². The molecule has 3 N–H and O–H groups in total. The van der Waals surface area contributed by atoms with Crippen LogP contribution in [0.15, 0.2) is 29.1 Å². The van der Waals surface area contributed by atoms with Crippen molar-refractivity contribution in [1.82, 2.24) is 9.97 Å². The van der Waals surface area contributed by atoms with Crippen LogP contribution in [0.25, 0.3) is 11.3 Å². The van der Waals surface area contributed by atoms with Gasteiger partial charge in [0.05, 0.1) is 22.1 Å². The molecule has 0 spiro atoms. The molecule has 0 saturated carbocycles. The lowest BCUT2D eigenvalue weighted by Gasteiger charge is -1.97. The van der Waals surface area contributed by atoms with E-state index in [1.165, 1.54) is 18.3 Å². The number of nitrogens with two attached hydrogens (primary N) is 1. The minimum Gasteiger partial charge on any atom is -0.366 e. The van der Waals surface area contributed by atoms with E-state index in [0.717, 1.165) is 6.20 Å². The lowest BCUT2D eigenvalue weighted by Crippen LogP contribution is -2.10. The highest BCUT2D eigenvalue weighted by Gasteiger charge is 2.13. The van der Waals surface area contributed by atoms with Crippen LogP contribution in [0.2, 0.25) is 0 Å². The van der Waals surface area contributed by atoms with Crippen LogP contribution in [0.3, 0.4) is 0 Å². The summed E-state index contributed by atoms with van der Waals surface area (Å²) in [5, 5.41) is 0. The van der Waals surface area contributed by atoms with Crippen LogP contribution in [-0.4, -0.2) is 15.9 Å². The Kier molecular flexibility index (Phi) is 2.74. The van der Waals surface area contributed by atoms with Gasteiger partial charge < -0.3 is 10.7 Å². The maximum atomic E-state index is 13.4. The molecule has 2 aromatic rings. The van der Waals surface area contributed by atoms with E-state index in [1.807, 2.05) is 0 Å². The molecule has 2 heterocycles. The number of pyridine rings is 1. The summed E-state index contributed by atoms with van der Waals surface area (Å²) >= 11 is 3.15. The number of rotatable bonds is 2. The Balaban J connectivity index is 2.54. The van der Waals surface area contributed by atoms with Crippen molar-refractivity contribution in [2.45, 2.75) is 0 Å². The highest BCUT2D eigenvalue weighted by molar-refractivity contribution is 9.10. The lowest BCUT2D eigenvalue weighted by atomic mass is 10.2. The Labute approximate surface area is 98.8 Å². The molecule has 0 aliphatic rings. The molecule has 0 fully saturated rings. The van der Waals surface area contributed by atoms with Gasteiger partial charge in [-0.3, -0.25) is 9.78 Å².